The lowest BCUT2D eigenvalue weighted by Crippen LogP contribution is -1.93. The van der Waals surface area contributed by atoms with E-state index in [1.165, 1.54) is 66.4 Å². The van der Waals surface area contributed by atoms with Crippen LogP contribution in [0.1, 0.15) is 5.56 Å². The van der Waals surface area contributed by atoms with Gasteiger partial charge in [-0.15, -0.1) is 0 Å². The number of hydrogen-bond donors (Lipinski definition) is 0. The Labute approximate surface area is 223 Å². The van der Waals surface area contributed by atoms with Crippen LogP contribution >= 0.6 is 0 Å². The largest absolute Gasteiger partial charge is 0.309 e. The molecule has 0 spiro atoms. The molecule has 0 amide bonds. The molecule has 0 unspecified atom stereocenters. The summed E-state index contributed by atoms with van der Waals surface area (Å²) in [5.41, 5.74) is 12.3. The van der Waals surface area contributed by atoms with Crippen LogP contribution in [-0.4, -0.2) is 4.57 Å². The van der Waals surface area contributed by atoms with Crippen molar-refractivity contribution in [2.75, 3.05) is 0 Å². The van der Waals surface area contributed by atoms with E-state index in [1.807, 2.05) is 0 Å². The molecule has 180 valence electrons. The van der Waals surface area contributed by atoms with E-state index in [9.17, 15) is 0 Å². The van der Waals surface area contributed by atoms with Gasteiger partial charge < -0.3 is 4.57 Å². The van der Waals surface area contributed by atoms with Gasteiger partial charge in [-0.3, -0.25) is 0 Å². The molecule has 7 rings (SSSR count). The summed E-state index contributed by atoms with van der Waals surface area (Å²) < 4.78 is 2.38. The molecule has 0 saturated heterocycles. The van der Waals surface area contributed by atoms with Gasteiger partial charge in [0.25, 0.3) is 0 Å². The number of para-hydroxylation sites is 1. The summed E-state index contributed by atoms with van der Waals surface area (Å²) in [5.74, 6) is 0. The van der Waals surface area contributed by atoms with Crippen molar-refractivity contribution in [3.05, 3.63) is 151 Å². The molecule has 0 N–H and O–H groups in total. The topological polar surface area (TPSA) is 4.93 Å². The highest BCUT2D eigenvalue weighted by Crippen LogP contribution is 2.37. The second-order valence-electron chi connectivity index (χ2n) is 9.94. The van der Waals surface area contributed by atoms with Crippen LogP contribution in [0.15, 0.2) is 146 Å². The number of aryl methyl sites for hydroxylation is 1. The lowest BCUT2D eigenvalue weighted by atomic mass is 9.98. The third-order valence-corrected chi connectivity index (χ3v) is 7.49. The van der Waals surface area contributed by atoms with Crippen LogP contribution in [0.25, 0.3) is 60.9 Å². The van der Waals surface area contributed by atoms with E-state index in [0.29, 0.717) is 0 Å². The van der Waals surface area contributed by atoms with E-state index in [-0.39, 0.29) is 0 Å². The Morgan fingerprint density at radius 1 is 0.368 bits per heavy atom. The molecule has 6 aromatic carbocycles. The second-order valence-corrected chi connectivity index (χ2v) is 9.94. The van der Waals surface area contributed by atoms with Crippen molar-refractivity contribution in [2.45, 2.75) is 6.92 Å². The summed E-state index contributed by atoms with van der Waals surface area (Å²) in [4.78, 5) is 0. The summed E-state index contributed by atoms with van der Waals surface area (Å²) >= 11 is 0. The highest BCUT2D eigenvalue weighted by molar-refractivity contribution is 6.11. The zero-order valence-corrected chi connectivity index (χ0v) is 21.3. The van der Waals surface area contributed by atoms with Crippen molar-refractivity contribution in [1.82, 2.24) is 4.57 Å². The highest BCUT2D eigenvalue weighted by Gasteiger charge is 2.14. The van der Waals surface area contributed by atoms with E-state index < -0.39 is 0 Å². The van der Waals surface area contributed by atoms with Crippen LogP contribution in [0, 0.1) is 6.92 Å². The quantitative estimate of drug-likeness (QED) is 0.234. The number of benzene rings is 6. The second kappa shape index (κ2) is 9.21. The molecule has 0 atom stereocenters. The van der Waals surface area contributed by atoms with E-state index in [2.05, 4.69) is 157 Å². The molecule has 7 aromatic rings. The first-order chi connectivity index (χ1) is 18.7. The molecule has 0 aliphatic rings. The van der Waals surface area contributed by atoms with Gasteiger partial charge in [0.1, 0.15) is 0 Å². The highest BCUT2D eigenvalue weighted by atomic mass is 15.0. The molecular formula is C37H27N. The van der Waals surface area contributed by atoms with E-state index >= 15 is 0 Å². The number of fused-ring (bicyclic) bond motifs is 3. The molecule has 1 aromatic heterocycles. The van der Waals surface area contributed by atoms with Crippen LogP contribution in [-0.2, 0) is 0 Å². The minimum Gasteiger partial charge on any atom is -0.309 e. The summed E-state index contributed by atoms with van der Waals surface area (Å²) in [6.45, 7) is 2.13. The predicted molar refractivity (Wildman–Crippen MR) is 162 cm³/mol. The zero-order valence-electron chi connectivity index (χ0n) is 21.3. The van der Waals surface area contributed by atoms with Crippen LogP contribution in [0.3, 0.4) is 0 Å². The lowest BCUT2D eigenvalue weighted by molar-refractivity contribution is 1.18. The van der Waals surface area contributed by atoms with Crippen molar-refractivity contribution in [3.8, 4) is 39.1 Å². The zero-order chi connectivity index (χ0) is 25.5. The van der Waals surface area contributed by atoms with Gasteiger partial charge in [-0.1, -0.05) is 115 Å². The van der Waals surface area contributed by atoms with Gasteiger partial charge in [0.05, 0.1) is 11.0 Å². The first-order valence-corrected chi connectivity index (χ1v) is 13.1. The Morgan fingerprint density at radius 3 is 1.29 bits per heavy atom. The molecule has 0 fully saturated rings. The smallest absolute Gasteiger partial charge is 0.0541 e. The number of nitrogens with zero attached hydrogens (tertiary/aromatic N) is 1. The minimum atomic E-state index is 1.18. The Morgan fingerprint density at radius 2 is 0.763 bits per heavy atom. The Hall–Kier alpha value is -4.88. The average Bonchev–Trinajstić information content (AvgIpc) is 3.31. The van der Waals surface area contributed by atoms with Gasteiger partial charge in [-0.2, -0.15) is 0 Å². The molecule has 1 heteroatoms. The molecule has 1 nitrogen and oxygen atoms in total. The van der Waals surface area contributed by atoms with Crippen LogP contribution < -0.4 is 0 Å². The van der Waals surface area contributed by atoms with Gasteiger partial charge in [0, 0.05) is 16.5 Å². The van der Waals surface area contributed by atoms with Gasteiger partial charge in [0.2, 0.25) is 0 Å². The Kier molecular flexibility index (Phi) is 5.41. The standard InChI is InChI=1S/C37H27N/c1-26-12-14-28(15-13-26)29-16-18-30(19-17-29)32-21-23-37-35(25-32)34-24-31(27-8-4-2-5-9-27)20-22-36(34)38(37)33-10-6-3-7-11-33/h2-25H,1H3. The fourth-order valence-corrected chi connectivity index (χ4v) is 5.47. The predicted octanol–water partition coefficient (Wildman–Crippen LogP) is 10.1. The van der Waals surface area contributed by atoms with Crippen molar-refractivity contribution >= 4 is 21.8 Å². The molecule has 0 aliphatic heterocycles. The SMILES string of the molecule is Cc1ccc(-c2ccc(-c3ccc4c(c3)c3cc(-c5ccccc5)ccc3n4-c3ccccc3)cc2)cc1. The summed E-state index contributed by atoms with van der Waals surface area (Å²) in [6.07, 6.45) is 0. The first-order valence-electron chi connectivity index (χ1n) is 13.1. The van der Waals surface area contributed by atoms with Gasteiger partial charge in [0.15, 0.2) is 0 Å². The Bertz CT molecular complexity index is 1880. The van der Waals surface area contributed by atoms with Gasteiger partial charge in [-0.05, 0) is 76.7 Å². The normalized spacial score (nSPS) is 11.3. The maximum absolute atomic E-state index is 2.38. The maximum atomic E-state index is 2.38. The van der Waals surface area contributed by atoms with Crippen LogP contribution in [0.4, 0.5) is 0 Å². The summed E-state index contributed by atoms with van der Waals surface area (Å²) in [5, 5.41) is 2.53. The van der Waals surface area contributed by atoms with Crippen LogP contribution in [0.2, 0.25) is 0 Å². The molecule has 0 bridgehead atoms. The molecule has 38 heavy (non-hydrogen) atoms. The fourth-order valence-electron chi connectivity index (χ4n) is 5.47. The van der Waals surface area contributed by atoms with Gasteiger partial charge >= 0.3 is 0 Å². The number of hydrogen-bond acceptors (Lipinski definition) is 0. The first kappa shape index (κ1) is 22.3. The van der Waals surface area contributed by atoms with Crippen molar-refractivity contribution < 1.29 is 0 Å². The molecule has 0 saturated carbocycles. The molecule has 1 heterocycles. The van der Waals surface area contributed by atoms with Crippen molar-refractivity contribution in [2.24, 2.45) is 0 Å². The van der Waals surface area contributed by atoms with E-state index in [1.54, 1.807) is 0 Å². The monoisotopic (exact) mass is 485 g/mol. The summed E-state index contributed by atoms with van der Waals surface area (Å²) in [6, 6.07) is 52.7. The van der Waals surface area contributed by atoms with E-state index in [0.717, 1.165) is 0 Å². The lowest BCUT2D eigenvalue weighted by Gasteiger charge is -2.09. The van der Waals surface area contributed by atoms with Crippen molar-refractivity contribution in [3.63, 3.8) is 0 Å². The van der Waals surface area contributed by atoms with Crippen LogP contribution in [0.5, 0.6) is 0 Å². The minimum absolute atomic E-state index is 1.18. The number of rotatable bonds is 4. The van der Waals surface area contributed by atoms with Crippen molar-refractivity contribution in [1.29, 1.82) is 0 Å². The maximum Gasteiger partial charge on any atom is 0.0541 e. The third-order valence-electron chi connectivity index (χ3n) is 7.49. The third kappa shape index (κ3) is 3.90. The van der Waals surface area contributed by atoms with Gasteiger partial charge in [-0.25, -0.2) is 0 Å². The molecule has 0 aliphatic carbocycles. The fraction of sp³-hybridized carbons (Fsp3) is 0.0270. The summed E-state index contributed by atoms with van der Waals surface area (Å²) in [7, 11) is 0. The molecule has 0 radical (unpaired) electrons. The molecular weight excluding hydrogens is 458 g/mol. The average molecular weight is 486 g/mol. The van der Waals surface area contributed by atoms with E-state index in [4.69, 9.17) is 0 Å². The number of aromatic nitrogens is 1. The Balaban J connectivity index is 1.39.